The Kier molecular flexibility index (Phi) is 2.42. The predicted molar refractivity (Wildman–Crippen MR) is 56.7 cm³/mol. The van der Waals surface area contributed by atoms with Crippen LogP contribution >= 0.6 is 15.9 Å². The van der Waals surface area contributed by atoms with Crippen molar-refractivity contribution < 1.29 is 9.53 Å². The van der Waals surface area contributed by atoms with Crippen LogP contribution in [0.1, 0.15) is 18.1 Å². The Bertz CT molecular complexity index is 365. The molecule has 1 aliphatic heterocycles. The molecular weight excluding hydrogens is 244 g/mol. The van der Waals surface area contributed by atoms with Gasteiger partial charge >= 0.3 is 5.97 Å². The molecule has 14 heavy (non-hydrogen) atoms. The molecule has 0 saturated carbocycles. The van der Waals surface area contributed by atoms with Crippen molar-refractivity contribution in [2.24, 2.45) is 0 Å². The van der Waals surface area contributed by atoms with E-state index in [1.54, 1.807) is 0 Å². The topological polar surface area (TPSA) is 26.3 Å². The number of ether oxygens (including phenoxy) is 1. The van der Waals surface area contributed by atoms with Crippen LogP contribution in [0.15, 0.2) is 40.9 Å². The average Bonchev–Trinajstić information content (AvgIpc) is 2.48. The summed E-state index contributed by atoms with van der Waals surface area (Å²) in [6, 6.07) is 7.76. The number of hydrogen-bond acceptors (Lipinski definition) is 2. The third kappa shape index (κ3) is 1.73. The normalized spacial score (nSPS) is 21.1. The van der Waals surface area contributed by atoms with Crippen molar-refractivity contribution >= 4 is 21.9 Å². The van der Waals surface area contributed by atoms with E-state index in [1.165, 1.54) is 0 Å². The second-order valence-electron chi connectivity index (χ2n) is 3.25. The fourth-order valence-electron chi connectivity index (χ4n) is 1.42. The summed E-state index contributed by atoms with van der Waals surface area (Å²) in [5.41, 5.74) is 1.57. The molecule has 0 spiro atoms. The van der Waals surface area contributed by atoms with Crippen molar-refractivity contribution in [3.63, 3.8) is 0 Å². The molecule has 1 saturated heterocycles. The lowest BCUT2D eigenvalue weighted by Gasteiger charge is -2.08. The van der Waals surface area contributed by atoms with Gasteiger partial charge in [-0.2, -0.15) is 0 Å². The summed E-state index contributed by atoms with van der Waals surface area (Å²) in [4.78, 5) is 11.1. The van der Waals surface area contributed by atoms with Gasteiger partial charge in [-0.25, -0.2) is 4.79 Å². The molecule has 1 aliphatic rings. The molecule has 0 N–H and O–H groups in total. The number of cyclic esters (lactones) is 1. The van der Waals surface area contributed by atoms with Gasteiger partial charge < -0.3 is 4.74 Å². The lowest BCUT2D eigenvalue weighted by Crippen LogP contribution is -1.98. The van der Waals surface area contributed by atoms with E-state index >= 15 is 0 Å². The number of benzene rings is 1. The first kappa shape index (κ1) is 9.46. The zero-order valence-corrected chi connectivity index (χ0v) is 9.08. The molecule has 3 heteroatoms. The van der Waals surface area contributed by atoms with E-state index in [2.05, 4.69) is 22.5 Å². The second-order valence-corrected chi connectivity index (χ2v) is 4.17. The van der Waals surface area contributed by atoms with Crippen molar-refractivity contribution in [3.05, 3.63) is 46.5 Å². The minimum atomic E-state index is -0.280. The van der Waals surface area contributed by atoms with Crippen LogP contribution in [0.5, 0.6) is 0 Å². The van der Waals surface area contributed by atoms with Gasteiger partial charge in [-0.1, -0.05) is 34.6 Å². The SMILES string of the molecule is C=C1C[C@@H](c2ccc(Br)cc2)OC1=O. The minimum Gasteiger partial charge on any atom is -0.454 e. The molecule has 0 aromatic heterocycles. The highest BCUT2D eigenvalue weighted by molar-refractivity contribution is 9.10. The quantitative estimate of drug-likeness (QED) is 0.568. The highest BCUT2D eigenvalue weighted by Gasteiger charge is 2.28. The van der Waals surface area contributed by atoms with E-state index in [1.807, 2.05) is 24.3 Å². The Hall–Kier alpha value is -1.09. The molecule has 1 fully saturated rings. The van der Waals surface area contributed by atoms with Crippen LogP contribution in [0.25, 0.3) is 0 Å². The van der Waals surface area contributed by atoms with Gasteiger partial charge in [0.1, 0.15) is 6.10 Å². The molecule has 2 nitrogen and oxygen atoms in total. The van der Waals surface area contributed by atoms with Gasteiger partial charge in [-0.15, -0.1) is 0 Å². The summed E-state index contributed by atoms with van der Waals surface area (Å²) in [5.74, 6) is -0.280. The highest BCUT2D eigenvalue weighted by Crippen LogP contribution is 2.32. The maximum atomic E-state index is 11.1. The van der Waals surface area contributed by atoms with Crippen molar-refractivity contribution in [2.75, 3.05) is 0 Å². The lowest BCUT2D eigenvalue weighted by atomic mass is 10.1. The summed E-state index contributed by atoms with van der Waals surface area (Å²) in [6.45, 7) is 3.64. The number of rotatable bonds is 1. The molecular formula is C11H9BrO2. The Labute approximate surface area is 90.7 Å². The zero-order valence-electron chi connectivity index (χ0n) is 7.50. The average molecular weight is 253 g/mol. The summed E-state index contributed by atoms with van der Waals surface area (Å²) in [7, 11) is 0. The fraction of sp³-hybridized carbons (Fsp3) is 0.182. The summed E-state index contributed by atoms with van der Waals surface area (Å²) in [6.07, 6.45) is 0.448. The van der Waals surface area contributed by atoms with E-state index < -0.39 is 0 Å². The van der Waals surface area contributed by atoms with Crippen molar-refractivity contribution in [3.8, 4) is 0 Å². The van der Waals surface area contributed by atoms with Crippen LogP contribution in [-0.2, 0) is 9.53 Å². The smallest absolute Gasteiger partial charge is 0.334 e. The second kappa shape index (κ2) is 3.58. The molecule has 72 valence electrons. The molecule has 0 unspecified atom stereocenters. The molecule has 2 rings (SSSR count). The van der Waals surface area contributed by atoms with Gasteiger partial charge in [-0.05, 0) is 17.7 Å². The van der Waals surface area contributed by atoms with Crippen molar-refractivity contribution in [1.82, 2.24) is 0 Å². The monoisotopic (exact) mass is 252 g/mol. The molecule has 1 atom stereocenters. The zero-order chi connectivity index (χ0) is 10.1. The first-order valence-corrected chi connectivity index (χ1v) is 5.10. The van der Waals surface area contributed by atoms with Gasteiger partial charge in [0.05, 0.1) is 0 Å². The van der Waals surface area contributed by atoms with E-state index in [0.717, 1.165) is 10.0 Å². The van der Waals surface area contributed by atoms with E-state index in [4.69, 9.17) is 4.74 Å². The molecule has 1 heterocycles. The van der Waals surface area contributed by atoms with Gasteiger partial charge in [0.15, 0.2) is 0 Å². The summed E-state index contributed by atoms with van der Waals surface area (Å²) >= 11 is 3.35. The highest BCUT2D eigenvalue weighted by atomic mass is 79.9. The van der Waals surface area contributed by atoms with Crippen LogP contribution in [0.4, 0.5) is 0 Å². The summed E-state index contributed by atoms with van der Waals surface area (Å²) in [5, 5.41) is 0. The fourth-order valence-corrected chi connectivity index (χ4v) is 1.69. The van der Waals surface area contributed by atoms with Gasteiger partial charge in [0.25, 0.3) is 0 Å². The maximum absolute atomic E-state index is 11.1. The molecule has 0 bridgehead atoms. The largest absolute Gasteiger partial charge is 0.454 e. The molecule has 0 radical (unpaired) electrons. The molecule has 0 aliphatic carbocycles. The van der Waals surface area contributed by atoms with Crippen LogP contribution in [0.3, 0.4) is 0 Å². The Morgan fingerprint density at radius 3 is 2.50 bits per heavy atom. The van der Waals surface area contributed by atoms with Gasteiger partial charge in [0, 0.05) is 16.5 Å². The van der Waals surface area contributed by atoms with Crippen molar-refractivity contribution in [1.29, 1.82) is 0 Å². The third-order valence-electron chi connectivity index (χ3n) is 2.21. The van der Waals surface area contributed by atoms with E-state index in [0.29, 0.717) is 12.0 Å². The number of hydrogen-bond donors (Lipinski definition) is 0. The van der Waals surface area contributed by atoms with Crippen LogP contribution < -0.4 is 0 Å². The first-order valence-electron chi connectivity index (χ1n) is 4.31. The van der Waals surface area contributed by atoms with E-state index in [-0.39, 0.29) is 12.1 Å². The minimum absolute atomic E-state index is 0.150. The molecule has 0 amide bonds. The number of carbonyl (C=O) groups excluding carboxylic acids is 1. The maximum Gasteiger partial charge on any atom is 0.334 e. The predicted octanol–water partition coefficient (Wildman–Crippen LogP) is 2.99. The summed E-state index contributed by atoms with van der Waals surface area (Å²) < 4.78 is 6.16. The van der Waals surface area contributed by atoms with Gasteiger partial charge in [0.2, 0.25) is 0 Å². The standard InChI is InChI=1S/C11H9BrO2/c1-7-6-10(14-11(7)13)8-2-4-9(12)5-3-8/h2-5,10H,1,6H2/t10-/m0/s1. The first-order chi connectivity index (χ1) is 6.66. The Morgan fingerprint density at radius 2 is 2.00 bits per heavy atom. The Morgan fingerprint density at radius 1 is 1.36 bits per heavy atom. The van der Waals surface area contributed by atoms with Crippen LogP contribution in [0.2, 0.25) is 0 Å². The van der Waals surface area contributed by atoms with Crippen LogP contribution in [0, 0.1) is 0 Å². The molecule has 1 aromatic carbocycles. The lowest BCUT2D eigenvalue weighted by molar-refractivity contribution is -0.139. The van der Waals surface area contributed by atoms with Crippen LogP contribution in [-0.4, -0.2) is 5.97 Å². The van der Waals surface area contributed by atoms with E-state index in [9.17, 15) is 4.79 Å². The van der Waals surface area contributed by atoms with Crippen molar-refractivity contribution in [2.45, 2.75) is 12.5 Å². The molecule has 1 aromatic rings. The number of carbonyl (C=O) groups is 1. The third-order valence-corrected chi connectivity index (χ3v) is 2.74. The number of esters is 1. The number of halogens is 1. The van der Waals surface area contributed by atoms with Gasteiger partial charge in [-0.3, -0.25) is 0 Å². The Balaban J connectivity index is 2.21.